The lowest BCUT2D eigenvalue weighted by Crippen LogP contribution is -2.41. The van der Waals surface area contributed by atoms with Crippen LogP contribution in [0.1, 0.15) is 36.3 Å². The molecule has 124 valence electrons. The van der Waals surface area contributed by atoms with Crippen LogP contribution in [0.3, 0.4) is 0 Å². The number of methoxy groups -OCH3 is 1. The van der Waals surface area contributed by atoms with Gasteiger partial charge in [-0.3, -0.25) is 4.90 Å². The first-order chi connectivity index (χ1) is 11.2. The molecule has 1 atom stereocenters. The van der Waals surface area contributed by atoms with Crippen molar-refractivity contribution < 1.29 is 9.15 Å². The third-order valence-electron chi connectivity index (χ3n) is 4.62. The van der Waals surface area contributed by atoms with E-state index in [9.17, 15) is 0 Å². The number of rotatable bonds is 5. The molecule has 0 aliphatic carbocycles. The van der Waals surface area contributed by atoms with Crippen LogP contribution in [0.5, 0.6) is 0 Å². The molecule has 4 nitrogen and oxygen atoms in total. The van der Waals surface area contributed by atoms with Crippen LogP contribution in [0.25, 0.3) is 11.5 Å². The monoisotopic (exact) mass is 314 g/mol. The van der Waals surface area contributed by atoms with Crippen molar-refractivity contribution in [1.82, 2.24) is 9.88 Å². The van der Waals surface area contributed by atoms with E-state index < -0.39 is 0 Å². The molecule has 2 aromatic rings. The van der Waals surface area contributed by atoms with Gasteiger partial charge in [0, 0.05) is 25.3 Å². The highest BCUT2D eigenvalue weighted by Gasteiger charge is 2.24. The highest BCUT2D eigenvalue weighted by molar-refractivity contribution is 5.54. The second kappa shape index (κ2) is 7.28. The van der Waals surface area contributed by atoms with Gasteiger partial charge < -0.3 is 9.15 Å². The molecule has 1 aromatic carbocycles. The van der Waals surface area contributed by atoms with Gasteiger partial charge in [0.1, 0.15) is 5.76 Å². The molecule has 0 N–H and O–H groups in total. The number of ether oxygens (including phenoxy) is 1. The zero-order valence-electron chi connectivity index (χ0n) is 14.3. The van der Waals surface area contributed by atoms with Crippen LogP contribution < -0.4 is 0 Å². The maximum Gasteiger partial charge on any atom is 0.226 e. The minimum absolute atomic E-state index is 0.493. The van der Waals surface area contributed by atoms with Gasteiger partial charge in [-0.05, 0) is 45.4 Å². The van der Waals surface area contributed by atoms with E-state index in [2.05, 4.69) is 30.0 Å². The van der Waals surface area contributed by atoms with E-state index >= 15 is 0 Å². The summed E-state index contributed by atoms with van der Waals surface area (Å²) in [5.74, 6) is 1.64. The fourth-order valence-electron chi connectivity index (χ4n) is 3.32. The molecular weight excluding hydrogens is 288 g/mol. The van der Waals surface area contributed by atoms with Gasteiger partial charge in [-0.25, -0.2) is 4.98 Å². The van der Waals surface area contributed by atoms with Gasteiger partial charge in [0.25, 0.3) is 0 Å². The number of nitrogens with zero attached hydrogens (tertiary/aromatic N) is 2. The van der Waals surface area contributed by atoms with E-state index in [0.717, 1.165) is 42.6 Å². The average molecular weight is 314 g/mol. The highest BCUT2D eigenvalue weighted by Crippen LogP contribution is 2.25. The first-order valence-electron chi connectivity index (χ1n) is 8.43. The van der Waals surface area contributed by atoms with Crippen molar-refractivity contribution in [2.24, 2.45) is 0 Å². The summed E-state index contributed by atoms with van der Waals surface area (Å²) in [5, 5.41) is 0. The number of benzene rings is 1. The predicted molar refractivity (Wildman–Crippen MR) is 91.3 cm³/mol. The summed E-state index contributed by atoms with van der Waals surface area (Å²) in [6, 6.07) is 8.79. The molecule has 4 heteroatoms. The van der Waals surface area contributed by atoms with Crippen LogP contribution in [-0.2, 0) is 11.3 Å². The maximum absolute atomic E-state index is 5.92. The standard InChI is InChI=1S/C19H26N2O2/c1-14-7-6-8-16(11-14)19-20-18(15(2)23-19)12-21-10-5-4-9-17(21)13-22-3/h6-8,11,17H,4-5,9-10,12-13H2,1-3H3/t17-/m0/s1. The van der Waals surface area contributed by atoms with E-state index in [-0.39, 0.29) is 0 Å². The second-order valence-electron chi connectivity index (χ2n) is 6.47. The Morgan fingerprint density at radius 3 is 2.96 bits per heavy atom. The first kappa shape index (κ1) is 16.2. The Bertz CT molecular complexity index is 649. The van der Waals surface area contributed by atoms with Crippen molar-refractivity contribution in [3.63, 3.8) is 0 Å². The third kappa shape index (κ3) is 3.82. The molecule has 1 aromatic heterocycles. The largest absolute Gasteiger partial charge is 0.441 e. The molecule has 1 saturated heterocycles. The van der Waals surface area contributed by atoms with Crippen molar-refractivity contribution >= 4 is 0 Å². The Morgan fingerprint density at radius 2 is 2.17 bits per heavy atom. The van der Waals surface area contributed by atoms with Crippen LogP contribution in [0.15, 0.2) is 28.7 Å². The number of piperidine rings is 1. The van der Waals surface area contributed by atoms with Crippen LogP contribution in [0.4, 0.5) is 0 Å². The number of aromatic nitrogens is 1. The van der Waals surface area contributed by atoms with Crippen molar-refractivity contribution in [1.29, 1.82) is 0 Å². The van der Waals surface area contributed by atoms with E-state index in [1.54, 1.807) is 7.11 Å². The molecule has 1 fully saturated rings. The summed E-state index contributed by atoms with van der Waals surface area (Å²) < 4.78 is 11.3. The lowest BCUT2D eigenvalue weighted by atomic mass is 10.0. The Kier molecular flexibility index (Phi) is 5.13. The number of likely N-dealkylation sites (tertiary alicyclic amines) is 1. The molecule has 1 aliphatic rings. The van der Waals surface area contributed by atoms with Gasteiger partial charge in [-0.2, -0.15) is 0 Å². The molecule has 0 spiro atoms. The Labute approximate surface area is 138 Å². The molecule has 1 aliphatic heterocycles. The molecule has 3 rings (SSSR count). The second-order valence-corrected chi connectivity index (χ2v) is 6.47. The quantitative estimate of drug-likeness (QED) is 0.837. The number of oxazole rings is 1. The molecule has 2 heterocycles. The van der Waals surface area contributed by atoms with Crippen LogP contribution in [0.2, 0.25) is 0 Å². The van der Waals surface area contributed by atoms with Gasteiger partial charge in [0.15, 0.2) is 0 Å². The fraction of sp³-hybridized carbons (Fsp3) is 0.526. The minimum atomic E-state index is 0.493. The van der Waals surface area contributed by atoms with Crippen molar-refractivity contribution in [2.75, 3.05) is 20.3 Å². The summed E-state index contributed by atoms with van der Waals surface area (Å²) in [5.41, 5.74) is 3.31. The molecule has 23 heavy (non-hydrogen) atoms. The topological polar surface area (TPSA) is 38.5 Å². The minimum Gasteiger partial charge on any atom is -0.441 e. The molecule has 0 amide bonds. The van der Waals surface area contributed by atoms with E-state index in [1.165, 1.54) is 24.8 Å². The highest BCUT2D eigenvalue weighted by atomic mass is 16.5. The van der Waals surface area contributed by atoms with Crippen LogP contribution in [0, 0.1) is 13.8 Å². The summed E-state index contributed by atoms with van der Waals surface area (Å²) in [6.07, 6.45) is 3.74. The maximum atomic E-state index is 5.92. The SMILES string of the molecule is COC[C@@H]1CCCCN1Cc1nc(-c2cccc(C)c2)oc1C. The van der Waals surface area contributed by atoms with Gasteiger partial charge in [-0.15, -0.1) is 0 Å². The zero-order valence-corrected chi connectivity index (χ0v) is 14.3. The Hall–Kier alpha value is -1.65. The third-order valence-corrected chi connectivity index (χ3v) is 4.62. The van der Waals surface area contributed by atoms with E-state index in [1.807, 2.05) is 13.0 Å². The molecule has 0 unspecified atom stereocenters. The smallest absolute Gasteiger partial charge is 0.226 e. The summed E-state index contributed by atoms with van der Waals surface area (Å²) in [4.78, 5) is 7.24. The molecule has 0 bridgehead atoms. The van der Waals surface area contributed by atoms with E-state index in [4.69, 9.17) is 14.1 Å². The average Bonchev–Trinajstić information content (AvgIpc) is 2.91. The van der Waals surface area contributed by atoms with Crippen molar-refractivity contribution in [2.45, 2.75) is 45.7 Å². The van der Waals surface area contributed by atoms with Crippen LogP contribution >= 0.6 is 0 Å². The van der Waals surface area contributed by atoms with Crippen molar-refractivity contribution in [3.05, 3.63) is 41.3 Å². The Morgan fingerprint density at radius 1 is 1.30 bits per heavy atom. The van der Waals surface area contributed by atoms with E-state index in [0.29, 0.717) is 6.04 Å². The molecular formula is C19H26N2O2. The van der Waals surface area contributed by atoms with Gasteiger partial charge in [0.2, 0.25) is 5.89 Å². The lowest BCUT2D eigenvalue weighted by Gasteiger charge is -2.34. The number of hydrogen-bond donors (Lipinski definition) is 0. The molecule has 0 radical (unpaired) electrons. The summed E-state index contributed by atoms with van der Waals surface area (Å²) in [7, 11) is 1.78. The summed E-state index contributed by atoms with van der Waals surface area (Å²) >= 11 is 0. The Balaban J connectivity index is 1.78. The van der Waals surface area contributed by atoms with Crippen molar-refractivity contribution in [3.8, 4) is 11.5 Å². The zero-order chi connectivity index (χ0) is 16.2. The number of aryl methyl sites for hydroxylation is 2. The summed E-state index contributed by atoms with van der Waals surface area (Å²) in [6.45, 7) is 6.84. The first-order valence-corrected chi connectivity index (χ1v) is 8.43. The lowest BCUT2D eigenvalue weighted by molar-refractivity contribution is 0.0590. The molecule has 0 saturated carbocycles. The van der Waals surface area contributed by atoms with Gasteiger partial charge in [-0.1, -0.05) is 24.1 Å². The fourth-order valence-corrected chi connectivity index (χ4v) is 3.32. The van der Waals surface area contributed by atoms with Gasteiger partial charge >= 0.3 is 0 Å². The number of hydrogen-bond acceptors (Lipinski definition) is 4. The van der Waals surface area contributed by atoms with Gasteiger partial charge in [0.05, 0.1) is 12.3 Å². The normalized spacial score (nSPS) is 19.2. The van der Waals surface area contributed by atoms with Crippen LogP contribution in [-0.4, -0.2) is 36.2 Å². The predicted octanol–water partition coefficient (Wildman–Crippen LogP) is 3.96.